The van der Waals surface area contributed by atoms with E-state index in [0.717, 1.165) is 4.88 Å². The van der Waals surface area contributed by atoms with Gasteiger partial charge in [0.25, 0.3) is 0 Å². The second-order valence-electron chi connectivity index (χ2n) is 4.41. The van der Waals surface area contributed by atoms with E-state index in [2.05, 4.69) is 5.32 Å². The van der Waals surface area contributed by atoms with Gasteiger partial charge in [-0.25, -0.2) is 0 Å². The van der Waals surface area contributed by atoms with Gasteiger partial charge in [-0.2, -0.15) is 13.2 Å². The molecule has 1 unspecified atom stereocenters. The molecule has 2 rings (SSSR count). The lowest BCUT2D eigenvalue weighted by molar-refractivity contribution is -0.153. The molecule has 7 heteroatoms. The average Bonchev–Trinajstić information content (AvgIpc) is 2.83. The quantitative estimate of drug-likeness (QED) is 0.777. The summed E-state index contributed by atoms with van der Waals surface area (Å²) in [5.41, 5.74) is 0.513. The second kappa shape index (κ2) is 6.58. The molecule has 0 saturated heterocycles. The number of halogens is 4. The Bertz CT molecular complexity index is 600. The van der Waals surface area contributed by atoms with Crippen molar-refractivity contribution in [3.8, 4) is 5.75 Å². The van der Waals surface area contributed by atoms with Gasteiger partial charge < -0.3 is 10.1 Å². The first-order chi connectivity index (χ1) is 9.85. The number of nitrogens with one attached hydrogen (secondary N) is 1. The average molecular weight is 336 g/mol. The third-order valence-electron chi connectivity index (χ3n) is 2.67. The largest absolute Gasteiger partial charge is 0.482 e. The lowest BCUT2D eigenvalue weighted by Crippen LogP contribution is -2.20. The number of alkyl halides is 3. The van der Waals surface area contributed by atoms with Crippen LogP contribution in [-0.4, -0.2) is 12.8 Å². The molecule has 0 aliphatic rings. The summed E-state index contributed by atoms with van der Waals surface area (Å²) in [6.07, 6.45) is -4.36. The van der Waals surface area contributed by atoms with E-state index in [1.54, 1.807) is 24.3 Å². The Morgan fingerprint density at radius 2 is 1.95 bits per heavy atom. The predicted molar refractivity (Wildman–Crippen MR) is 79.4 cm³/mol. The van der Waals surface area contributed by atoms with Crippen LogP contribution in [0.3, 0.4) is 0 Å². The Hall–Kier alpha value is -1.40. The monoisotopic (exact) mass is 335 g/mol. The smallest absolute Gasteiger partial charge is 0.422 e. The normalized spacial score (nSPS) is 13.0. The molecule has 1 aromatic heterocycles. The van der Waals surface area contributed by atoms with E-state index in [4.69, 9.17) is 16.3 Å². The van der Waals surface area contributed by atoms with Crippen LogP contribution >= 0.6 is 22.9 Å². The first-order valence-corrected chi connectivity index (χ1v) is 7.35. The second-order valence-corrected chi connectivity index (χ2v) is 6.15. The van der Waals surface area contributed by atoms with Crippen LogP contribution in [0.5, 0.6) is 5.75 Å². The molecule has 0 spiro atoms. The number of ether oxygens (including phenoxy) is 1. The Morgan fingerprint density at radius 3 is 2.57 bits per heavy atom. The van der Waals surface area contributed by atoms with Crippen molar-refractivity contribution >= 4 is 28.6 Å². The van der Waals surface area contributed by atoms with E-state index in [1.165, 1.54) is 17.4 Å². The lowest BCUT2D eigenvalue weighted by Gasteiger charge is -2.18. The third kappa shape index (κ3) is 4.82. The van der Waals surface area contributed by atoms with Gasteiger partial charge in [0.15, 0.2) is 6.61 Å². The van der Waals surface area contributed by atoms with Crippen LogP contribution in [-0.2, 0) is 0 Å². The first-order valence-electron chi connectivity index (χ1n) is 6.15. The number of benzene rings is 1. The summed E-state index contributed by atoms with van der Waals surface area (Å²) in [7, 11) is 0. The molecule has 0 bridgehead atoms. The zero-order valence-electron chi connectivity index (χ0n) is 11.1. The van der Waals surface area contributed by atoms with Crippen molar-refractivity contribution in [3.63, 3.8) is 0 Å². The van der Waals surface area contributed by atoms with E-state index >= 15 is 0 Å². The SMILES string of the molecule is CC(Nc1ccccc1OCC(F)(F)F)c1ccc(Cl)s1. The molecule has 0 aliphatic carbocycles. The van der Waals surface area contributed by atoms with Crippen molar-refractivity contribution in [2.75, 3.05) is 11.9 Å². The highest BCUT2D eigenvalue weighted by Gasteiger charge is 2.28. The molecule has 0 amide bonds. The molecular weight excluding hydrogens is 323 g/mol. The summed E-state index contributed by atoms with van der Waals surface area (Å²) in [6.45, 7) is 0.591. The summed E-state index contributed by atoms with van der Waals surface area (Å²) in [5.74, 6) is 0.171. The molecule has 2 nitrogen and oxygen atoms in total. The Kier molecular flexibility index (Phi) is 5.00. The minimum Gasteiger partial charge on any atom is -0.482 e. The summed E-state index contributed by atoms with van der Waals surface area (Å²) in [4.78, 5) is 0.991. The van der Waals surface area contributed by atoms with Crippen molar-refractivity contribution in [1.82, 2.24) is 0 Å². The van der Waals surface area contributed by atoms with Crippen LogP contribution in [0.25, 0.3) is 0 Å². The minimum absolute atomic E-state index is 0.0851. The van der Waals surface area contributed by atoms with Crippen molar-refractivity contribution < 1.29 is 17.9 Å². The van der Waals surface area contributed by atoms with Gasteiger partial charge >= 0.3 is 6.18 Å². The van der Waals surface area contributed by atoms with Crippen molar-refractivity contribution in [2.24, 2.45) is 0 Å². The molecule has 1 heterocycles. The molecule has 0 aliphatic heterocycles. The van der Waals surface area contributed by atoms with Gasteiger partial charge in [0, 0.05) is 4.88 Å². The Labute approximate surface area is 129 Å². The fourth-order valence-corrected chi connectivity index (χ4v) is 2.80. The minimum atomic E-state index is -4.36. The number of para-hydroxylation sites is 2. The van der Waals surface area contributed by atoms with Crippen LogP contribution in [0.2, 0.25) is 4.34 Å². The highest BCUT2D eigenvalue weighted by molar-refractivity contribution is 7.16. The molecule has 0 radical (unpaired) electrons. The number of anilines is 1. The van der Waals surface area contributed by atoms with E-state index in [9.17, 15) is 13.2 Å². The van der Waals surface area contributed by atoms with Gasteiger partial charge in [0.2, 0.25) is 0 Å². The Morgan fingerprint density at radius 1 is 1.24 bits per heavy atom. The number of thiophene rings is 1. The molecular formula is C14H13ClF3NOS. The fraction of sp³-hybridized carbons (Fsp3) is 0.286. The highest BCUT2D eigenvalue weighted by Crippen LogP contribution is 2.32. The molecule has 21 heavy (non-hydrogen) atoms. The van der Waals surface area contributed by atoms with Gasteiger partial charge in [-0.1, -0.05) is 23.7 Å². The third-order valence-corrected chi connectivity index (χ3v) is 4.09. The number of rotatable bonds is 5. The maximum absolute atomic E-state index is 12.2. The van der Waals surface area contributed by atoms with E-state index in [1.807, 2.05) is 13.0 Å². The molecule has 1 atom stereocenters. The molecule has 2 aromatic rings. The topological polar surface area (TPSA) is 21.3 Å². The van der Waals surface area contributed by atoms with Crippen LogP contribution in [0.15, 0.2) is 36.4 Å². The van der Waals surface area contributed by atoms with E-state index in [0.29, 0.717) is 10.0 Å². The van der Waals surface area contributed by atoms with Gasteiger partial charge in [-0.15, -0.1) is 11.3 Å². The van der Waals surface area contributed by atoms with E-state index in [-0.39, 0.29) is 11.8 Å². The Balaban J connectivity index is 2.09. The molecule has 114 valence electrons. The molecule has 0 saturated carbocycles. The summed E-state index contributed by atoms with van der Waals surface area (Å²) < 4.78 is 42.2. The molecule has 0 fully saturated rings. The lowest BCUT2D eigenvalue weighted by atomic mass is 10.2. The summed E-state index contributed by atoms with van der Waals surface area (Å²) in [5, 5.41) is 3.14. The molecule has 1 aromatic carbocycles. The van der Waals surface area contributed by atoms with Crippen molar-refractivity contribution in [3.05, 3.63) is 45.6 Å². The summed E-state index contributed by atoms with van der Waals surface area (Å²) in [6, 6.07) is 10.1. The number of hydrogen-bond donors (Lipinski definition) is 1. The van der Waals surface area contributed by atoms with Gasteiger partial charge in [0.05, 0.1) is 16.1 Å². The maximum atomic E-state index is 12.2. The van der Waals surface area contributed by atoms with Crippen molar-refractivity contribution in [1.29, 1.82) is 0 Å². The zero-order valence-corrected chi connectivity index (χ0v) is 12.6. The van der Waals surface area contributed by atoms with Crippen LogP contribution in [0.4, 0.5) is 18.9 Å². The van der Waals surface area contributed by atoms with Crippen LogP contribution in [0.1, 0.15) is 17.8 Å². The predicted octanol–water partition coefficient (Wildman–Crippen LogP) is 5.52. The maximum Gasteiger partial charge on any atom is 0.422 e. The van der Waals surface area contributed by atoms with E-state index < -0.39 is 12.8 Å². The molecule has 1 N–H and O–H groups in total. The standard InChI is InChI=1S/C14H13ClF3NOS/c1-9(12-6-7-13(15)21-12)19-10-4-2-3-5-11(10)20-8-14(16,17)18/h2-7,9,19H,8H2,1H3. The highest BCUT2D eigenvalue weighted by atomic mass is 35.5. The first kappa shape index (κ1) is 16.0. The van der Waals surface area contributed by atoms with Gasteiger partial charge in [-0.05, 0) is 31.2 Å². The van der Waals surface area contributed by atoms with Crippen molar-refractivity contribution in [2.45, 2.75) is 19.1 Å². The zero-order chi connectivity index (χ0) is 15.5. The summed E-state index contributed by atoms with van der Waals surface area (Å²) >= 11 is 7.30. The van der Waals surface area contributed by atoms with Gasteiger partial charge in [0.1, 0.15) is 5.75 Å². The fourth-order valence-electron chi connectivity index (χ4n) is 1.74. The number of hydrogen-bond acceptors (Lipinski definition) is 3. The van der Waals surface area contributed by atoms with Crippen LogP contribution < -0.4 is 10.1 Å². The van der Waals surface area contributed by atoms with Gasteiger partial charge in [-0.3, -0.25) is 0 Å². The van der Waals surface area contributed by atoms with Crippen LogP contribution in [0, 0.1) is 0 Å².